The van der Waals surface area contributed by atoms with Gasteiger partial charge in [-0.05, 0) is 69.5 Å². The average molecular weight is 573 g/mol. The number of rotatable bonds is 7. The molecule has 7 nitrogen and oxygen atoms in total. The number of likely N-dealkylation sites (tertiary alicyclic amines) is 2. The molecule has 1 atom stereocenters. The molecule has 9 heteroatoms. The molecule has 2 aromatic rings. The van der Waals surface area contributed by atoms with Crippen molar-refractivity contribution in [2.75, 3.05) is 45.8 Å². The molecule has 3 heterocycles. The van der Waals surface area contributed by atoms with Crippen LogP contribution in [0.5, 0.6) is 0 Å². The third-order valence-corrected chi connectivity index (χ3v) is 6.30. The lowest BCUT2D eigenvalue weighted by atomic mass is 10.1. The van der Waals surface area contributed by atoms with E-state index >= 15 is 0 Å². The zero-order valence-corrected chi connectivity index (χ0v) is 21.9. The molecule has 0 radical (unpaired) electrons. The van der Waals surface area contributed by atoms with E-state index in [4.69, 9.17) is 21.1 Å². The van der Waals surface area contributed by atoms with Gasteiger partial charge in [0.2, 0.25) is 11.7 Å². The molecule has 2 saturated heterocycles. The number of hydrogen-bond acceptors (Lipinski definition) is 5. The molecule has 0 amide bonds. The van der Waals surface area contributed by atoms with Crippen molar-refractivity contribution in [3.8, 4) is 11.4 Å². The third-order valence-electron chi connectivity index (χ3n) is 6.04. The summed E-state index contributed by atoms with van der Waals surface area (Å²) in [5.74, 6) is 2.93. The molecule has 2 aliphatic heterocycles. The highest BCUT2D eigenvalue weighted by molar-refractivity contribution is 14.0. The van der Waals surface area contributed by atoms with Crippen LogP contribution in [0.4, 0.5) is 0 Å². The number of nitrogens with zero attached hydrogens (tertiary/aromatic N) is 5. The summed E-state index contributed by atoms with van der Waals surface area (Å²) in [6, 6.07) is 7.45. The summed E-state index contributed by atoms with van der Waals surface area (Å²) in [5, 5.41) is 8.23. The number of aromatic nitrogens is 2. The maximum absolute atomic E-state index is 5.95. The number of benzene rings is 1. The van der Waals surface area contributed by atoms with Gasteiger partial charge in [-0.2, -0.15) is 4.98 Å². The van der Waals surface area contributed by atoms with Gasteiger partial charge in [-0.15, -0.1) is 24.0 Å². The largest absolute Gasteiger partial charge is 0.357 e. The van der Waals surface area contributed by atoms with E-state index in [0.29, 0.717) is 29.7 Å². The predicted molar refractivity (Wildman–Crippen MR) is 140 cm³/mol. The summed E-state index contributed by atoms with van der Waals surface area (Å²) >= 11 is 5.95. The summed E-state index contributed by atoms with van der Waals surface area (Å²) in [6.07, 6.45) is 5.98. The minimum absolute atomic E-state index is 0. The fourth-order valence-electron chi connectivity index (χ4n) is 4.44. The van der Waals surface area contributed by atoms with Gasteiger partial charge in [0.25, 0.3) is 0 Å². The zero-order valence-electron chi connectivity index (χ0n) is 18.8. The molecular weight excluding hydrogens is 539 g/mol. The van der Waals surface area contributed by atoms with Gasteiger partial charge >= 0.3 is 0 Å². The van der Waals surface area contributed by atoms with E-state index in [-0.39, 0.29) is 24.0 Å². The molecule has 1 unspecified atom stereocenters. The highest BCUT2D eigenvalue weighted by atomic mass is 127. The van der Waals surface area contributed by atoms with Crippen LogP contribution in [0.25, 0.3) is 11.4 Å². The quantitative estimate of drug-likeness (QED) is 0.303. The summed E-state index contributed by atoms with van der Waals surface area (Å²) in [4.78, 5) is 14.4. The Morgan fingerprint density at radius 2 is 1.97 bits per heavy atom. The van der Waals surface area contributed by atoms with Crippen LogP contribution < -0.4 is 5.32 Å². The number of guanidine groups is 1. The highest BCUT2D eigenvalue weighted by Crippen LogP contribution is 2.21. The van der Waals surface area contributed by atoms with Gasteiger partial charge < -0.3 is 19.6 Å². The van der Waals surface area contributed by atoms with Crippen molar-refractivity contribution in [2.45, 2.75) is 39.0 Å². The van der Waals surface area contributed by atoms with Gasteiger partial charge in [0, 0.05) is 43.2 Å². The van der Waals surface area contributed by atoms with Gasteiger partial charge in [-0.25, -0.2) is 0 Å². The molecule has 0 saturated carbocycles. The molecule has 0 bridgehead atoms. The number of hydrogen-bond donors (Lipinski definition) is 1. The molecule has 176 valence electrons. The SMILES string of the molecule is CCNC(=NCCc1nc(-c2ccc(Cl)cc2)no1)N1CCC(CN2CCCCC2)C1.I. The molecule has 0 spiro atoms. The first-order chi connectivity index (χ1) is 15.2. The Balaban J connectivity index is 0.00000289. The van der Waals surface area contributed by atoms with Crippen molar-refractivity contribution in [3.63, 3.8) is 0 Å². The average Bonchev–Trinajstić information content (AvgIpc) is 3.44. The van der Waals surface area contributed by atoms with Crippen LogP contribution in [0, 0.1) is 5.92 Å². The Morgan fingerprint density at radius 3 is 2.72 bits per heavy atom. The fourth-order valence-corrected chi connectivity index (χ4v) is 4.56. The van der Waals surface area contributed by atoms with Gasteiger partial charge in [0.15, 0.2) is 5.96 Å². The van der Waals surface area contributed by atoms with E-state index in [1.54, 1.807) is 0 Å². The number of piperidine rings is 1. The maximum Gasteiger partial charge on any atom is 0.228 e. The van der Waals surface area contributed by atoms with Crippen LogP contribution in [0.2, 0.25) is 5.02 Å². The van der Waals surface area contributed by atoms with Crippen LogP contribution in [-0.4, -0.2) is 71.7 Å². The Hall–Kier alpha value is -1.39. The topological polar surface area (TPSA) is 69.8 Å². The molecule has 1 N–H and O–H groups in total. The van der Waals surface area contributed by atoms with Crippen LogP contribution in [0.15, 0.2) is 33.8 Å². The van der Waals surface area contributed by atoms with E-state index in [0.717, 1.165) is 37.1 Å². The van der Waals surface area contributed by atoms with Crippen molar-refractivity contribution in [3.05, 3.63) is 35.2 Å². The lowest BCUT2D eigenvalue weighted by Crippen LogP contribution is -2.41. The number of halogens is 2. The van der Waals surface area contributed by atoms with Crippen LogP contribution in [-0.2, 0) is 6.42 Å². The standard InChI is InChI=1S/C23H33ClN6O.HI/c1-2-25-23(30-15-11-18(17-30)16-29-13-4-3-5-14-29)26-12-10-21-27-22(28-31-21)19-6-8-20(24)9-7-19;/h6-9,18H,2-5,10-17H2,1H3,(H,25,26);1H. The molecule has 32 heavy (non-hydrogen) atoms. The van der Waals surface area contributed by atoms with Gasteiger partial charge in [0.05, 0.1) is 6.54 Å². The molecule has 2 fully saturated rings. The fraction of sp³-hybridized carbons (Fsp3) is 0.609. The van der Waals surface area contributed by atoms with Crippen LogP contribution in [0.1, 0.15) is 38.5 Å². The van der Waals surface area contributed by atoms with Gasteiger partial charge in [-0.3, -0.25) is 4.99 Å². The van der Waals surface area contributed by atoms with Crippen molar-refractivity contribution >= 4 is 41.5 Å². The predicted octanol–water partition coefficient (Wildman–Crippen LogP) is 4.32. The summed E-state index contributed by atoms with van der Waals surface area (Å²) in [6.45, 7) is 9.54. The first-order valence-electron chi connectivity index (χ1n) is 11.6. The van der Waals surface area contributed by atoms with E-state index in [1.165, 1.54) is 45.3 Å². The molecule has 4 rings (SSSR count). The second-order valence-electron chi connectivity index (χ2n) is 8.47. The second kappa shape index (κ2) is 12.7. The zero-order chi connectivity index (χ0) is 21.5. The van der Waals surface area contributed by atoms with Crippen molar-refractivity contribution in [1.82, 2.24) is 25.3 Å². The Kier molecular flexibility index (Phi) is 10.1. The molecular formula is C23H34ClIN6O. The van der Waals surface area contributed by atoms with Crippen molar-refractivity contribution in [1.29, 1.82) is 0 Å². The first-order valence-corrected chi connectivity index (χ1v) is 11.9. The normalized spacial score (nSPS) is 19.8. The Labute approximate surface area is 213 Å². The minimum Gasteiger partial charge on any atom is -0.357 e. The monoisotopic (exact) mass is 572 g/mol. The minimum atomic E-state index is 0. The van der Waals surface area contributed by atoms with Crippen LogP contribution >= 0.6 is 35.6 Å². The summed E-state index contributed by atoms with van der Waals surface area (Å²) in [7, 11) is 0. The first kappa shape index (κ1) is 25.2. The van der Waals surface area contributed by atoms with Gasteiger partial charge in [0.1, 0.15) is 0 Å². The van der Waals surface area contributed by atoms with E-state index in [1.807, 2.05) is 24.3 Å². The van der Waals surface area contributed by atoms with Crippen molar-refractivity contribution < 1.29 is 4.52 Å². The lowest BCUT2D eigenvalue weighted by Gasteiger charge is -2.29. The summed E-state index contributed by atoms with van der Waals surface area (Å²) < 4.78 is 5.42. The van der Waals surface area contributed by atoms with E-state index < -0.39 is 0 Å². The lowest BCUT2D eigenvalue weighted by molar-refractivity contribution is 0.198. The summed E-state index contributed by atoms with van der Waals surface area (Å²) in [5.41, 5.74) is 0.896. The molecule has 0 aliphatic carbocycles. The molecule has 1 aromatic carbocycles. The second-order valence-corrected chi connectivity index (χ2v) is 8.90. The van der Waals surface area contributed by atoms with Crippen LogP contribution in [0.3, 0.4) is 0 Å². The Bertz CT molecular complexity index is 852. The third kappa shape index (κ3) is 7.05. The molecule has 1 aromatic heterocycles. The van der Waals surface area contributed by atoms with Crippen molar-refractivity contribution in [2.24, 2.45) is 10.9 Å². The Morgan fingerprint density at radius 1 is 1.19 bits per heavy atom. The number of nitrogens with one attached hydrogen (secondary N) is 1. The van der Waals surface area contributed by atoms with E-state index in [2.05, 4.69) is 32.2 Å². The number of aliphatic imine (C=N–C) groups is 1. The van der Waals surface area contributed by atoms with E-state index in [9.17, 15) is 0 Å². The van der Waals surface area contributed by atoms with Gasteiger partial charge in [-0.1, -0.05) is 23.2 Å². The highest BCUT2D eigenvalue weighted by Gasteiger charge is 2.27. The smallest absolute Gasteiger partial charge is 0.228 e. The molecule has 2 aliphatic rings. The maximum atomic E-state index is 5.95.